The minimum Gasteiger partial charge on any atom is -0.497 e. The average molecular weight is 490 g/mol. The summed E-state index contributed by atoms with van der Waals surface area (Å²) in [6.45, 7) is 8.92. The van der Waals surface area contributed by atoms with Gasteiger partial charge in [0, 0.05) is 19.2 Å². The number of methoxy groups -OCH3 is 1. The highest BCUT2D eigenvalue weighted by Crippen LogP contribution is 2.20. The predicted molar refractivity (Wildman–Crippen MR) is 123 cm³/mol. The average Bonchev–Trinajstić information content (AvgIpc) is 2.65. The molecule has 1 aromatic carbocycles. The third-order valence-corrected chi connectivity index (χ3v) is 4.63. The Morgan fingerprint density at radius 3 is 2.63 bits per heavy atom. The first kappa shape index (κ1) is 23.8. The molecule has 1 unspecified atom stereocenters. The van der Waals surface area contributed by atoms with Crippen LogP contribution in [0.3, 0.4) is 0 Å². The fraction of sp³-hybridized carbons (Fsp3) is 0.650. The van der Waals surface area contributed by atoms with Gasteiger partial charge in [0.25, 0.3) is 0 Å². The summed E-state index contributed by atoms with van der Waals surface area (Å²) >= 11 is 0. The molecule has 1 fully saturated rings. The molecule has 1 aliphatic rings. The number of hydrogen-bond acceptors (Lipinski definition) is 4. The Morgan fingerprint density at radius 2 is 1.96 bits per heavy atom. The summed E-state index contributed by atoms with van der Waals surface area (Å²) in [6, 6.07) is 7.67. The Balaban J connectivity index is 0.00000364. The lowest BCUT2D eigenvalue weighted by molar-refractivity contribution is 0.219. The summed E-state index contributed by atoms with van der Waals surface area (Å²) < 4.78 is 11.2. The number of ether oxygens (including phenoxy) is 2. The highest BCUT2D eigenvalue weighted by atomic mass is 127. The van der Waals surface area contributed by atoms with Crippen molar-refractivity contribution in [2.45, 2.75) is 32.8 Å². The molecule has 0 bridgehead atoms. The molecule has 1 aliphatic heterocycles. The van der Waals surface area contributed by atoms with Crippen LogP contribution in [0.2, 0.25) is 0 Å². The number of halogens is 1. The molecule has 154 valence electrons. The van der Waals surface area contributed by atoms with Crippen molar-refractivity contribution in [1.82, 2.24) is 15.5 Å². The van der Waals surface area contributed by atoms with Crippen LogP contribution in [0.1, 0.15) is 26.7 Å². The molecular weight excluding hydrogens is 455 g/mol. The highest BCUT2D eigenvalue weighted by Gasteiger charge is 2.16. The van der Waals surface area contributed by atoms with Gasteiger partial charge in [-0.05, 0) is 64.9 Å². The topological polar surface area (TPSA) is 58.1 Å². The molecular formula is C20H35IN4O2. The summed E-state index contributed by atoms with van der Waals surface area (Å²) in [7, 11) is 3.85. The minimum absolute atomic E-state index is 0. The van der Waals surface area contributed by atoms with E-state index in [1.165, 1.54) is 25.9 Å². The fourth-order valence-corrected chi connectivity index (χ4v) is 3.01. The van der Waals surface area contributed by atoms with Crippen LogP contribution >= 0.6 is 24.0 Å². The van der Waals surface area contributed by atoms with Crippen molar-refractivity contribution in [3.8, 4) is 11.5 Å². The van der Waals surface area contributed by atoms with Crippen molar-refractivity contribution in [1.29, 1.82) is 0 Å². The summed E-state index contributed by atoms with van der Waals surface area (Å²) in [5.74, 6) is 3.19. The van der Waals surface area contributed by atoms with Gasteiger partial charge in [-0.1, -0.05) is 6.07 Å². The molecule has 0 saturated carbocycles. The Morgan fingerprint density at radius 1 is 1.26 bits per heavy atom. The van der Waals surface area contributed by atoms with Crippen LogP contribution in [0.4, 0.5) is 0 Å². The number of benzene rings is 1. The second-order valence-corrected chi connectivity index (χ2v) is 6.95. The molecule has 0 aromatic heterocycles. The molecule has 2 rings (SSSR count). The van der Waals surface area contributed by atoms with Crippen LogP contribution in [-0.2, 0) is 0 Å². The molecule has 2 N–H and O–H groups in total. The Bertz CT molecular complexity index is 563. The van der Waals surface area contributed by atoms with E-state index < -0.39 is 0 Å². The fourth-order valence-electron chi connectivity index (χ4n) is 3.01. The first-order valence-electron chi connectivity index (χ1n) is 9.62. The smallest absolute Gasteiger partial charge is 0.191 e. The van der Waals surface area contributed by atoms with E-state index >= 15 is 0 Å². The molecule has 27 heavy (non-hydrogen) atoms. The monoisotopic (exact) mass is 490 g/mol. The van der Waals surface area contributed by atoms with Gasteiger partial charge in [0.1, 0.15) is 17.6 Å². The zero-order valence-corrected chi connectivity index (χ0v) is 19.4. The number of likely N-dealkylation sites (tertiary alicyclic amines) is 1. The minimum atomic E-state index is -0.0131. The van der Waals surface area contributed by atoms with Gasteiger partial charge < -0.3 is 25.0 Å². The molecule has 0 amide bonds. The van der Waals surface area contributed by atoms with Crippen LogP contribution in [0.5, 0.6) is 11.5 Å². The van der Waals surface area contributed by atoms with E-state index in [2.05, 4.69) is 34.5 Å². The van der Waals surface area contributed by atoms with Crippen molar-refractivity contribution in [2.24, 2.45) is 10.9 Å². The second kappa shape index (κ2) is 13.0. The third kappa shape index (κ3) is 9.01. The van der Waals surface area contributed by atoms with Gasteiger partial charge in [0.15, 0.2) is 5.96 Å². The highest BCUT2D eigenvalue weighted by molar-refractivity contribution is 14.0. The molecule has 1 atom stereocenters. The number of guanidine groups is 1. The molecule has 6 nitrogen and oxygen atoms in total. The predicted octanol–water partition coefficient (Wildman–Crippen LogP) is 2.98. The summed E-state index contributed by atoms with van der Waals surface area (Å²) in [4.78, 5) is 7.08. The van der Waals surface area contributed by atoms with E-state index in [0.717, 1.165) is 36.5 Å². The largest absolute Gasteiger partial charge is 0.497 e. The maximum Gasteiger partial charge on any atom is 0.191 e. The zero-order chi connectivity index (χ0) is 18.8. The van der Waals surface area contributed by atoms with Gasteiger partial charge in [-0.2, -0.15) is 0 Å². The second-order valence-electron chi connectivity index (χ2n) is 6.95. The molecule has 1 aromatic rings. The Hall–Kier alpha value is -1.22. The van der Waals surface area contributed by atoms with E-state index in [4.69, 9.17) is 9.47 Å². The number of nitrogens with zero attached hydrogens (tertiary/aromatic N) is 2. The van der Waals surface area contributed by atoms with E-state index in [1.54, 1.807) is 7.11 Å². The molecule has 7 heteroatoms. The van der Waals surface area contributed by atoms with Gasteiger partial charge in [-0.25, -0.2) is 4.99 Å². The number of aliphatic imine (C=N–C) groups is 1. The van der Waals surface area contributed by atoms with Crippen molar-refractivity contribution >= 4 is 29.9 Å². The van der Waals surface area contributed by atoms with E-state index in [0.29, 0.717) is 6.54 Å². The maximum absolute atomic E-state index is 5.94. The van der Waals surface area contributed by atoms with Crippen LogP contribution in [0.25, 0.3) is 0 Å². The SMILES string of the molecule is CCNC(=NCC(C)Oc1cccc(OC)c1)NCC1CCN(C)CC1.I. The van der Waals surface area contributed by atoms with Crippen molar-refractivity contribution in [2.75, 3.05) is 46.9 Å². The first-order valence-corrected chi connectivity index (χ1v) is 9.62. The Kier molecular flexibility index (Phi) is 11.5. The van der Waals surface area contributed by atoms with Gasteiger partial charge in [-0.15, -0.1) is 24.0 Å². The quantitative estimate of drug-likeness (QED) is 0.334. The summed E-state index contributed by atoms with van der Waals surface area (Å²) in [5.41, 5.74) is 0. The normalized spacial score (nSPS) is 17.0. The van der Waals surface area contributed by atoms with Gasteiger partial charge in [0.2, 0.25) is 0 Å². The van der Waals surface area contributed by atoms with Crippen LogP contribution in [-0.4, -0.2) is 63.8 Å². The number of nitrogens with one attached hydrogen (secondary N) is 2. The van der Waals surface area contributed by atoms with Crippen LogP contribution < -0.4 is 20.1 Å². The summed E-state index contributed by atoms with van der Waals surface area (Å²) in [5, 5.41) is 6.81. The molecule has 0 spiro atoms. The lowest BCUT2D eigenvalue weighted by atomic mass is 9.97. The standard InChI is InChI=1S/C20H34N4O2.HI/c1-5-21-20(23-15-17-9-11-24(3)12-10-17)22-14-16(2)26-19-8-6-7-18(13-19)25-4;/h6-8,13,16-17H,5,9-12,14-15H2,1-4H3,(H2,21,22,23);1H. The van der Waals surface area contributed by atoms with Crippen LogP contribution in [0, 0.1) is 5.92 Å². The maximum atomic E-state index is 5.94. The molecule has 1 saturated heterocycles. The van der Waals surface area contributed by atoms with Crippen molar-refractivity contribution < 1.29 is 9.47 Å². The van der Waals surface area contributed by atoms with Gasteiger partial charge >= 0.3 is 0 Å². The summed E-state index contributed by atoms with van der Waals surface area (Å²) in [6.07, 6.45) is 2.48. The van der Waals surface area contributed by atoms with Gasteiger partial charge in [-0.3, -0.25) is 0 Å². The lowest BCUT2D eigenvalue weighted by Gasteiger charge is -2.29. The molecule has 1 heterocycles. The van der Waals surface area contributed by atoms with Crippen LogP contribution in [0.15, 0.2) is 29.3 Å². The van der Waals surface area contributed by atoms with Gasteiger partial charge in [0.05, 0.1) is 13.7 Å². The third-order valence-electron chi connectivity index (χ3n) is 4.63. The van der Waals surface area contributed by atoms with E-state index in [9.17, 15) is 0 Å². The Labute approximate surface area is 181 Å². The zero-order valence-electron chi connectivity index (χ0n) is 17.0. The number of rotatable bonds is 8. The first-order chi connectivity index (χ1) is 12.6. The number of hydrogen-bond donors (Lipinski definition) is 2. The van der Waals surface area contributed by atoms with E-state index in [-0.39, 0.29) is 30.1 Å². The van der Waals surface area contributed by atoms with Crippen molar-refractivity contribution in [3.63, 3.8) is 0 Å². The van der Waals surface area contributed by atoms with E-state index in [1.807, 2.05) is 31.2 Å². The lowest BCUT2D eigenvalue weighted by Crippen LogP contribution is -2.42. The van der Waals surface area contributed by atoms with Crippen molar-refractivity contribution in [3.05, 3.63) is 24.3 Å². The molecule has 0 aliphatic carbocycles. The number of piperidine rings is 1. The molecule has 0 radical (unpaired) electrons.